The summed E-state index contributed by atoms with van der Waals surface area (Å²) in [6.45, 7) is 8.38. The molecule has 0 fully saturated rings. The summed E-state index contributed by atoms with van der Waals surface area (Å²) in [4.78, 5) is 0. The molecular weight excluding hydrogens is 223 g/mol. The lowest BCUT2D eigenvalue weighted by Gasteiger charge is -2.14. The monoisotopic (exact) mass is 250 g/mol. The van der Waals surface area contributed by atoms with Gasteiger partial charge in [-0.25, -0.2) is 0 Å². The van der Waals surface area contributed by atoms with E-state index in [1.807, 2.05) is 6.92 Å². The number of alkyl halides is 1. The van der Waals surface area contributed by atoms with Gasteiger partial charge in [0.2, 0.25) is 0 Å². The Morgan fingerprint density at radius 1 is 1.06 bits per heavy atom. The molecule has 102 valence electrons. The van der Waals surface area contributed by atoms with E-state index in [1.165, 1.54) is 29.5 Å². The summed E-state index contributed by atoms with van der Waals surface area (Å²) in [6.07, 6.45) is 4.64. The fourth-order valence-electron chi connectivity index (χ4n) is 2.28. The van der Waals surface area contributed by atoms with Crippen molar-refractivity contribution >= 4 is 0 Å². The van der Waals surface area contributed by atoms with Gasteiger partial charge in [0.1, 0.15) is 0 Å². The molecule has 0 nitrogen and oxygen atoms in total. The first-order chi connectivity index (χ1) is 8.56. The van der Waals surface area contributed by atoms with Crippen molar-refractivity contribution < 1.29 is 4.39 Å². The zero-order valence-electron chi connectivity index (χ0n) is 12.3. The highest BCUT2D eigenvalue weighted by molar-refractivity contribution is 5.32. The van der Waals surface area contributed by atoms with Gasteiger partial charge in [-0.3, -0.25) is 4.39 Å². The van der Waals surface area contributed by atoms with Crippen LogP contribution < -0.4 is 0 Å². The minimum atomic E-state index is -0.266. The first-order valence-corrected chi connectivity index (χ1v) is 7.25. The molecule has 0 bridgehead atoms. The Bertz CT molecular complexity index is 355. The average Bonchev–Trinajstić information content (AvgIpc) is 2.34. The maximum Gasteiger partial charge on any atom is 0.0960 e. The largest absolute Gasteiger partial charge is 0.250 e. The number of aryl methyl sites for hydroxylation is 1. The van der Waals surface area contributed by atoms with Gasteiger partial charge in [0.15, 0.2) is 0 Å². The van der Waals surface area contributed by atoms with E-state index in [9.17, 15) is 4.39 Å². The van der Waals surface area contributed by atoms with Gasteiger partial charge in [-0.1, -0.05) is 52.3 Å². The molecule has 0 aliphatic heterocycles. The number of hydrogen-bond donors (Lipinski definition) is 0. The summed E-state index contributed by atoms with van der Waals surface area (Å²) in [6, 6.07) is 6.70. The lowest BCUT2D eigenvalue weighted by molar-refractivity contribution is 0.447. The Morgan fingerprint density at radius 3 is 2.28 bits per heavy atom. The van der Waals surface area contributed by atoms with Crippen molar-refractivity contribution in [2.45, 2.75) is 59.3 Å². The highest BCUT2D eigenvalue weighted by atomic mass is 19.1. The van der Waals surface area contributed by atoms with Gasteiger partial charge in [0.25, 0.3) is 0 Å². The van der Waals surface area contributed by atoms with E-state index in [4.69, 9.17) is 0 Å². The molecule has 0 amide bonds. The molecule has 0 saturated carbocycles. The molecule has 0 radical (unpaired) electrons. The van der Waals surface area contributed by atoms with Crippen LogP contribution in [0.15, 0.2) is 18.2 Å². The van der Waals surface area contributed by atoms with Gasteiger partial charge in [-0.05, 0) is 41.9 Å². The molecule has 0 aromatic heterocycles. The molecule has 0 spiro atoms. The topological polar surface area (TPSA) is 0 Å². The second-order valence-corrected chi connectivity index (χ2v) is 5.84. The second kappa shape index (κ2) is 7.56. The third-order valence-corrected chi connectivity index (χ3v) is 3.34. The Balaban J connectivity index is 2.95. The zero-order valence-corrected chi connectivity index (χ0v) is 12.3. The molecule has 1 heteroatoms. The molecule has 1 rings (SSSR count). The second-order valence-electron chi connectivity index (χ2n) is 5.84. The quantitative estimate of drug-likeness (QED) is 0.616. The van der Waals surface area contributed by atoms with Gasteiger partial charge >= 0.3 is 0 Å². The van der Waals surface area contributed by atoms with Crippen LogP contribution in [-0.2, 0) is 12.8 Å². The van der Waals surface area contributed by atoms with Crippen LogP contribution in [0.5, 0.6) is 0 Å². The zero-order chi connectivity index (χ0) is 13.5. The predicted molar refractivity (Wildman–Crippen MR) is 78.0 cm³/mol. The van der Waals surface area contributed by atoms with E-state index in [0.29, 0.717) is 5.92 Å². The molecule has 0 aliphatic carbocycles. The predicted octanol–water partition coefficient (Wildman–Crippen LogP) is 5.30. The van der Waals surface area contributed by atoms with E-state index in [-0.39, 0.29) is 12.6 Å². The highest BCUT2D eigenvalue weighted by Gasteiger charge is 2.09. The fraction of sp³-hybridized carbons (Fsp3) is 0.647. The van der Waals surface area contributed by atoms with Crippen molar-refractivity contribution in [1.29, 1.82) is 0 Å². The first-order valence-electron chi connectivity index (χ1n) is 7.25. The van der Waals surface area contributed by atoms with Gasteiger partial charge in [0, 0.05) is 5.92 Å². The molecule has 0 heterocycles. The van der Waals surface area contributed by atoms with E-state index >= 15 is 0 Å². The van der Waals surface area contributed by atoms with Crippen molar-refractivity contribution in [2.24, 2.45) is 5.92 Å². The van der Waals surface area contributed by atoms with Crippen LogP contribution >= 0.6 is 0 Å². The maximum atomic E-state index is 12.9. The van der Waals surface area contributed by atoms with Crippen molar-refractivity contribution in [3.05, 3.63) is 34.9 Å². The summed E-state index contributed by atoms with van der Waals surface area (Å²) in [7, 11) is 0. The SMILES string of the molecule is CCCCc1cc(CC(C)C)cc(C(C)CF)c1. The van der Waals surface area contributed by atoms with E-state index < -0.39 is 0 Å². The molecule has 0 saturated heterocycles. The average molecular weight is 250 g/mol. The van der Waals surface area contributed by atoms with Crippen LogP contribution in [0.3, 0.4) is 0 Å². The third-order valence-electron chi connectivity index (χ3n) is 3.34. The molecule has 0 aliphatic rings. The van der Waals surface area contributed by atoms with Crippen LogP contribution in [0.4, 0.5) is 4.39 Å². The van der Waals surface area contributed by atoms with Gasteiger partial charge in [-0.15, -0.1) is 0 Å². The summed E-state index contributed by atoms with van der Waals surface area (Å²) in [5.41, 5.74) is 3.92. The van der Waals surface area contributed by atoms with Crippen molar-refractivity contribution in [3.8, 4) is 0 Å². The van der Waals surface area contributed by atoms with E-state index in [1.54, 1.807) is 0 Å². The number of halogens is 1. The van der Waals surface area contributed by atoms with Crippen LogP contribution in [-0.4, -0.2) is 6.67 Å². The minimum absolute atomic E-state index is 0.0255. The van der Waals surface area contributed by atoms with Crippen molar-refractivity contribution in [2.75, 3.05) is 6.67 Å². The van der Waals surface area contributed by atoms with Crippen LogP contribution in [0.2, 0.25) is 0 Å². The molecule has 1 aromatic carbocycles. The summed E-state index contributed by atoms with van der Waals surface area (Å²) >= 11 is 0. The van der Waals surface area contributed by atoms with Gasteiger partial charge in [0.05, 0.1) is 6.67 Å². The normalized spacial score (nSPS) is 13.0. The first kappa shape index (κ1) is 15.2. The third kappa shape index (κ3) is 4.80. The summed E-state index contributed by atoms with van der Waals surface area (Å²) in [5, 5.41) is 0. The molecule has 1 unspecified atom stereocenters. The lowest BCUT2D eigenvalue weighted by atomic mass is 9.92. The Hall–Kier alpha value is -0.850. The maximum absolute atomic E-state index is 12.9. The van der Waals surface area contributed by atoms with Crippen molar-refractivity contribution in [3.63, 3.8) is 0 Å². The number of unbranched alkanes of at least 4 members (excludes halogenated alkanes) is 1. The Kier molecular flexibility index (Phi) is 6.38. The molecule has 1 aromatic rings. The fourth-order valence-corrected chi connectivity index (χ4v) is 2.28. The smallest absolute Gasteiger partial charge is 0.0960 e. The minimum Gasteiger partial charge on any atom is -0.250 e. The molecule has 0 N–H and O–H groups in total. The highest BCUT2D eigenvalue weighted by Crippen LogP contribution is 2.22. The molecular formula is C17H27F. The van der Waals surface area contributed by atoms with Crippen LogP contribution in [0, 0.1) is 5.92 Å². The molecule has 1 atom stereocenters. The Morgan fingerprint density at radius 2 is 1.72 bits per heavy atom. The molecule has 18 heavy (non-hydrogen) atoms. The lowest BCUT2D eigenvalue weighted by Crippen LogP contribution is -2.02. The standard InChI is InChI=1S/C17H27F/c1-5-6-7-15-9-16(8-13(2)3)11-17(10-15)14(4)12-18/h9-11,13-14H,5-8,12H2,1-4H3. The van der Waals surface area contributed by atoms with Gasteiger partial charge in [-0.2, -0.15) is 0 Å². The van der Waals surface area contributed by atoms with E-state index in [2.05, 4.69) is 39.0 Å². The summed E-state index contributed by atoms with van der Waals surface area (Å²) in [5.74, 6) is 0.678. The van der Waals surface area contributed by atoms with E-state index in [0.717, 1.165) is 12.8 Å². The van der Waals surface area contributed by atoms with Crippen LogP contribution in [0.25, 0.3) is 0 Å². The number of benzene rings is 1. The van der Waals surface area contributed by atoms with Gasteiger partial charge < -0.3 is 0 Å². The van der Waals surface area contributed by atoms with Crippen LogP contribution in [0.1, 0.15) is 63.1 Å². The summed E-state index contributed by atoms with van der Waals surface area (Å²) < 4.78 is 12.9. The Labute approximate surface area is 112 Å². The number of hydrogen-bond acceptors (Lipinski definition) is 0. The van der Waals surface area contributed by atoms with Crippen molar-refractivity contribution in [1.82, 2.24) is 0 Å². The number of rotatable bonds is 7.